The Kier molecular flexibility index (Phi) is 5.13. The summed E-state index contributed by atoms with van der Waals surface area (Å²) in [5.74, 6) is -2.94. The monoisotopic (exact) mass is 413 g/mol. The number of rotatable bonds is 6. The maximum absolute atomic E-state index is 12.7. The summed E-state index contributed by atoms with van der Waals surface area (Å²) >= 11 is 2.48. The molecule has 3 heterocycles. The van der Waals surface area contributed by atoms with E-state index < -0.39 is 40.7 Å². The Labute approximate surface area is 161 Å². The zero-order chi connectivity index (χ0) is 19.8. The highest BCUT2D eigenvalue weighted by Gasteiger charge is 2.67. The van der Waals surface area contributed by atoms with Crippen LogP contribution in [0.25, 0.3) is 0 Å². The Hall–Kier alpha value is -2.57. The van der Waals surface area contributed by atoms with Gasteiger partial charge in [-0.15, -0.1) is 23.1 Å². The molecule has 3 amide bonds. The summed E-state index contributed by atoms with van der Waals surface area (Å²) < 4.78 is 10.0. The number of amides is 3. The molecule has 0 spiro atoms. The summed E-state index contributed by atoms with van der Waals surface area (Å²) in [4.78, 5) is 49.4. The summed E-state index contributed by atoms with van der Waals surface area (Å²) in [5, 5.41) is 13.0. The van der Waals surface area contributed by atoms with Gasteiger partial charge in [0.25, 0.3) is 11.6 Å². The number of primary amides is 1. The standard InChI is InChI=1S/C15H15N3O7S2/c1-24-15(17-9(19)5-7-3-2-4-26-7)12(22)18-10(11(20)21)8(25-14(16)23)6-27-13(15)18/h2-4,13H,5-6H2,1H3,(H2,16,23)(H,17,19)(H,20,21)/t13-,15+/m1/s1. The van der Waals surface area contributed by atoms with Gasteiger partial charge < -0.3 is 25.6 Å². The molecule has 0 unspecified atom stereocenters. The van der Waals surface area contributed by atoms with E-state index in [4.69, 9.17) is 15.2 Å². The molecule has 3 rings (SSSR count). The Bertz CT molecular complexity index is 838. The fourth-order valence-electron chi connectivity index (χ4n) is 2.87. The van der Waals surface area contributed by atoms with E-state index >= 15 is 0 Å². The quantitative estimate of drug-likeness (QED) is 0.438. The number of ether oxygens (including phenoxy) is 2. The zero-order valence-electron chi connectivity index (χ0n) is 14.0. The molecule has 2 atom stereocenters. The molecule has 1 saturated heterocycles. The second kappa shape index (κ2) is 7.21. The van der Waals surface area contributed by atoms with Gasteiger partial charge in [0.15, 0.2) is 11.5 Å². The summed E-state index contributed by atoms with van der Waals surface area (Å²) in [6.07, 6.45) is -1.12. The highest BCUT2D eigenvalue weighted by atomic mass is 32.2. The molecule has 0 aliphatic carbocycles. The van der Waals surface area contributed by atoms with Crippen LogP contribution in [-0.2, 0) is 30.3 Å². The maximum Gasteiger partial charge on any atom is 0.409 e. The molecule has 0 radical (unpaired) electrons. The van der Waals surface area contributed by atoms with Crippen molar-refractivity contribution in [2.45, 2.75) is 17.5 Å². The Morgan fingerprint density at radius 3 is 2.78 bits per heavy atom. The van der Waals surface area contributed by atoms with Gasteiger partial charge >= 0.3 is 12.1 Å². The first-order valence-corrected chi connectivity index (χ1v) is 9.50. The molecule has 4 N–H and O–H groups in total. The van der Waals surface area contributed by atoms with Crippen molar-refractivity contribution in [2.75, 3.05) is 12.9 Å². The summed E-state index contributed by atoms with van der Waals surface area (Å²) in [7, 11) is 1.25. The number of carboxylic acid groups (broad SMARTS) is 1. The maximum atomic E-state index is 12.7. The molecule has 10 nitrogen and oxygen atoms in total. The van der Waals surface area contributed by atoms with Crippen LogP contribution in [0, 0.1) is 0 Å². The van der Waals surface area contributed by atoms with Crippen molar-refractivity contribution in [1.82, 2.24) is 10.2 Å². The fourth-order valence-corrected chi connectivity index (χ4v) is 4.92. The van der Waals surface area contributed by atoms with Crippen LogP contribution in [0.2, 0.25) is 0 Å². The number of aliphatic carboxylic acids is 1. The van der Waals surface area contributed by atoms with Gasteiger partial charge in [0.1, 0.15) is 5.37 Å². The average Bonchev–Trinajstić information content (AvgIpc) is 3.11. The predicted molar refractivity (Wildman–Crippen MR) is 94.3 cm³/mol. The summed E-state index contributed by atoms with van der Waals surface area (Å²) in [5.41, 5.74) is 2.75. The van der Waals surface area contributed by atoms with Crippen molar-refractivity contribution in [3.8, 4) is 0 Å². The van der Waals surface area contributed by atoms with Crippen molar-refractivity contribution >= 4 is 47.0 Å². The van der Waals surface area contributed by atoms with Gasteiger partial charge in [-0.05, 0) is 11.4 Å². The van der Waals surface area contributed by atoms with Crippen molar-refractivity contribution in [2.24, 2.45) is 5.73 Å². The largest absolute Gasteiger partial charge is 0.476 e. The normalized spacial score (nSPS) is 24.1. The number of carbonyl (C=O) groups excluding carboxylic acids is 3. The van der Waals surface area contributed by atoms with Crippen molar-refractivity contribution < 1.29 is 33.8 Å². The molecular formula is C15H15N3O7S2. The minimum absolute atomic E-state index is 0.0368. The first-order chi connectivity index (χ1) is 12.8. The van der Waals surface area contributed by atoms with Crippen LogP contribution < -0.4 is 11.1 Å². The minimum atomic E-state index is -1.70. The second-order valence-corrected chi connectivity index (χ2v) is 7.68. The first kappa shape index (κ1) is 19.2. The molecular weight excluding hydrogens is 398 g/mol. The Morgan fingerprint density at radius 1 is 1.48 bits per heavy atom. The van der Waals surface area contributed by atoms with E-state index in [1.807, 2.05) is 5.38 Å². The molecule has 2 aliphatic heterocycles. The van der Waals surface area contributed by atoms with Gasteiger partial charge in [-0.2, -0.15) is 0 Å². The van der Waals surface area contributed by atoms with Gasteiger partial charge in [0.05, 0.1) is 12.2 Å². The van der Waals surface area contributed by atoms with Gasteiger partial charge in [-0.3, -0.25) is 14.5 Å². The van der Waals surface area contributed by atoms with Gasteiger partial charge in [-0.1, -0.05) is 6.07 Å². The first-order valence-electron chi connectivity index (χ1n) is 7.57. The summed E-state index contributed by atoms with van der Waals surface area (Å²) in [6, 6.07) is 3.59. The Morgan fingerprint density at radius 2 is 2.22 bits per heavy atom. The number of thioether (sulfide) groups is 1. The van der Waals surface area contributed by atoms with E-state index in [9.17, 15) is 24.3 Å². The number of thiophene rings is 1. The molecule has 1 fully saturated rings. The third-order valence-corrected chi connectivity index (χ3v) is 6.15. The number of nitrogens with two attached hydrogens (primary N) is 1. The highest BCUT2D eigenvalue weighted by molar-refractivity contribution is 8.00. The van der Waals surface area contributed by atoms with Gasteiger partial charge in [0, 0.05) is 12.0 Å². The number of hydrogen-bond donors (Lipinski definition) is 3. The molecule has 0 saturated carbocycles. The lowest BCUT2D eigenvalue weighted by Gasteiger charge is -2.55. The van der Waals surface area contributed by atoms with Gasteiger partial charge in [0.2, 0.25) is 5.91 Å². The van der Waals surface area contributed by atoms with Crippen LogP contribution >= 0.6 is 23.1 Å². The molecule has 1 aromatic heterocycles. The van der Waals surface area contributed by atoms with Crippen molar-refractivity contribution in [3.05, 3.63) is 33.8 Å². The van der Waals surface area contributed by atoms with E-state index in [0.29, 0.717) is 0 Å². The van der Waals surface area contributed by atoms with E-state index in [0.717, 1.165) is 21.5 Å². The van der Waals surface area contributed by atoms with Crippen LogP contribution in [-0.4, -0.2) is 57.8 Å². The molecule has 0 aromatic carbocycles. The van der Waals surface area contributed by atoms with Crippen LogP contribution in [0.3, 0.4) is 0 Å². The lowest BCUT2D eigenvalue weighted by atomic mass is 9.99. The van der Waals surface area contributed by atoms with E-state index in [-0.39, 0.29) is 17.9 Å². The average molecular weight is 413 g/mol. The number of hydrogen-bond acceptors (Lipinski definition) is 8. The predicted octanol–water partition coefficient (Wildman–Crippen LogP) is 0.0561. The van der Waals surface area contributed by atoms with Crippen LogP contribution in [0.4, 0.5) is 4.79 Å². The lowest BCUT2D eigenvalue weighted by Crippen LogP contribution is -2.80. The zero-order valence-corrected chi connectivity index (χ0v) is 15.6. The Balaban J connectivity index is 1.84. The van der Waals surface area contributed by atoms with Crippen LogP contribution in [0.15, 0.2) is 29.0 Å². The fraction of sp³-hybridized carbons (Fsp3) is 0.333. The minimum Gasteiger partial charge on any atom is -0.476 e. The van der Waals surface area contributed by atoms with Crippen LogP contribution in [0.5, 0.6) is 0 Å². The third kappa shape index (κ3) is 3.26. The molecule has 144 valence electrons. The molecule has 1 aromatic rings. The number of carboxylic acids is 1. The summed E-state index contributed by atoms with van der Waals surface area (Å²) in [6.45, 7) is 0. The van der Waals surface area contributed by atoms with E-state index in [1.54, 1.807) is 12.1 Å². The number of nitrogens with zero attached hydrogens (tertiary/aromatic N) is 1. The number of methoxy groups -OCH3 is 1. The topological polar surface area (TPSA) is 148 Å². The SMILES string of the molecule is CO[C@@]1(NC(=O)Cc2cccs2)C(=O)N2C(C(=O)O)=C(OC(N)=O)CS[C@@H]21. The smallest absolute Gasteiger partial charge is 0.409 e. The van der Waals surface area contributed by atoms with Crippen molar-refractivity contribution in [3.63, 3.8) is 0 Å². The second-order valence-electron chi connectivity index (χ2n) is 5.58. The number of carbonyl (C=O) groups is 4. The number of β-lactam (4-membered cyclic amide) rings is 1. The number of nitrogens with one attached hydrogen (secondary N) is 1. The van der Waals surface area contributed by atoms with Crippen LogP contribution in [0.1, 0.15) is 4.88 Å². The highest BCUT2D eigenvalue weighted by Crippen LogP contribution is 2.46. The molecule has 27 heavy (non-hydrogen) atoms. The van der Waals surface area contributed by atoms with Gasteiger partial charge in [-0.25, -0.2) is 9.59 Å². The molecule has 0 bridgehead atoms. The van der Waals surface area contributed by atoms with E-state index in [1.165, 1.54) is 18.4 Å². The molecule has 2 aliphatic rings. The van der Waals surface area contributed by atoms with E-state index in [2.05, 4.69) is 5.32 Å². The van der Waals surface area contributed by atoms with Crippen molar-refractivity contribution in [1.29, 1.82) is 0 Å². The number of fused-ring (bicyclic) bond motifs is 1. The molecule has 12 heteroatoms. The lowest BCUT2D eigenvalue weighted by molar-refractivity contribution is -0.192. The third-order valence-electron chi connectivity index (χ3n) is 3.98.